The SMILES string of the molecule is CN(C)CC[C@H](CSc1ccccc1)Nc1ccc(S(=O)(=O)NC(=O)C2CCCCC2)cc1[I-][N+](=O)O. The second-order valence-corrected chi connectivity index (χ2v) is 14.6. The van der Waals surface area contributed by atoms with Crippen molar-refractivity contribution in [3.63, 3.8) is 0 Å². The van der Waals surface area contributed by atoms with Crippen LogP contribution in [-0.2, 0) is 14.8 Å². The maximum absolute atomic E-state index is 13.0. The Bertz CT molecular complexity index is 1160. The van der Waals surface area contributed by atoms with E-state index in [0.29, 0.717) is 22.1 Å². The van der Waals surface area contributed by atoms with E-state index in [9.17, 15) is 23.3 Å². The van der Waals surface area contributed by atoms with Gasteiger partial charge in [0, 0.05) is 0 Å². The van der Waals surface area contributed by atoms with Gasteiger partial charge in [-0.05, 0) is 0 Å². The van der Waals surface area contributed by atoms with E-state index in [1.807, 2.05) is 44.4 Å². The summed E-state index contributed by atoms with van der Waals surface area (Å²) in [6, 6.07) is 14.5. The Morgan fingerprint density at radius 2 is 1.86 bits per heavy atom. The summed E-state index contributed by atoms with van der Waals surface area (Å²) in [6.07, 6.45) is 5.09. The van der Waals surface area contributed by atoms with Gasteiger partial charge in [0.2, 0.25) is 0 Å². The molecule has 1 atom stereocenters. The molecule has 0 unspecified atom stereocenters. The summed E-state index contributed by atoms with van der Waals surface area (Å²) < 4.78 is 28.5. The predicted octanol–water partition coefficient (Wildman–Crippen LogP) is 0.938. The standard InChI is InChI=1S/C25H35IN4O5S2/c1-29(2)16-15-20(18-36-21-11-7-4-8-12-21)27-24-14-13-22(17-23(24)26-30(32)33)37(34,35)28-25(31)19-9-5-3-6-10-19/h4,7-8,11-14,17,19-20,27H,3,5-6,9-10,15-16,18H2,1-2H3,(H,28,31)(H,32,33)/t20-/m1/s1. The number of hydrogen-bond donors (Lipinski definition) is 3. The average Bonchev–Trinajstić information content (AvgIpc) is 2.87. The summed E-state index contributed by atoms with van der Waals surface area (Å²) in [5.41, 5.74) is 0.609. The van der Waals surface area contributed by atoms with Crippen molar-refractivity contribution in [3.8, 4) is 0 Å². The summed E-state index contributed by atoms with van der Waals surface area (Å²) in [5, 5.41) is 12.9. The first kappa shape index (κ1) is 29.7. The fourth-order valence-corrected chi connectivity index (χ4v) is 7.90. The number of carbonyl (C=O) groups is 1. The Balaban J connectivity index is 1.79. The summed E-state index contributed by atoms with van der Waals surface area (Å²) in [4.78, 5) is 27.3. The molecular formula is C25H35IN4O5S2. The molecule has 2 aromatic carbocycles. The number of thioether (sulfide) groups is 1. The van der Waals surface area contributed by atoms with Crippen LogP contribution >= 0.6 is 11.8 Å². The van der Waals surface area contributed by atoms with Crippen molar-refractivity contribution in [1.29, 1.82) is 0 Å². The van der Waals surface area contributed by atoms with Gasteiger partial charge in [0.1, 0.15) is 0 Å². The topological polar surface area (TPSA) is 119 Å². The summed E-state index contributed by atoms with van der Waals surface area (Å²) in [7, 11) is -0.102. The van der Waals surface area contributed by atoms with Gasteiger partial charge in [0.25, 0.3) is 0 Å². The van der Waals surface area contributed by atoms with Crippen LogP contribution in [0.3, 0.4) is 0 Å². The van der Waals surface area contributed by atoms with E-state index in [-0.39, 0.29) is 20.0 Å². The zero-order chi connectivity index (χ0) is 26.8. The van der Waals surface area contributed by atoms with Crippen molar-refractivity contribution >= 4 is 33.4 Å². The number of hydrogen-bond acceptors (Lipinski definition) is 7. The zero-order valence-electron chi connectivity index (χ0n) is 21.1. The fraction of sp³-hybridized carbons (Fsp3) is 0.480. The van der Waals surface area contributed by atoms with Crippen LogP contribution in [0, 0.1) is 14.4 Å². The van der Waals surface area contributed by atoms with Crippen LogP contribution in [0.4, 0.5) is 5.69 Å². The van der Waals surface area contributed by atoms with Crippen molar-refractivity contribution in [2.45, 2.75) is 54.4 Å². The van der Waals surface area contributed by atoms with Crippen LogP contribution in [0.5, 0.6) is 0 Å². The van der Waals surface area contributed by atoms with Gasteiger partial charge < -0.3 is 0 Å². The van der Waals surface area contributed by atoms with Crippen molar-refractivity contribution in [2.24, 2.45) is 5.92 Å². The van der Waals surface area contributed by atoms with Crippen molar-refractivity contribution in [1.82, 2.24) is 9.62 Å². The first-order chi connectivity index (χ1) is 17.6. The quantitative estimate of drug-likeness (QED) is 0.126. The van der Waals surface area contributed by atoms with Gasteiger partial charge in [0.05, 0.1) is 0 Å². The summed E-state index contributed by atoms with van der Waals surface area (Å²) >= 11 is 0.124. The Morgan fingerprint density at radius 1 is 1.16 bits per heavy atom. The van der Waals surface area contributed by atoms with Gasteiger partial charge in [-0.25, -0.2) is 0 Å². The molecule has 1 saturated carbocycles. The molecule has 3 N–H and O–H groups in total. The van der Waals surface area contributed by atoms with Gasteiger partial charge in [0.15, 0.2) is 0 Å². The van der Waals surface area contributed by atoms with E-state index in [1.54, 1.807) is 17.8 Å². The molecule has 0 saturated heterocycles. The molecule has 0 aromatic heterocycles. The molecule has 12 heteroatoms. The van der Waals surface area contributed by atoms with Gasteiger partial charge >= 0.3 is 235 Å². The predicted molar refractivity (Wildman–Crippen MR) is 140 cm³/mol. The van der Waals surface area contributed by atoms with E-state index < -0.39 is 37.4 Å². The Morgan fingerprint density at radius 3 is 2.51 bits per heavy atom. The van der Waals surface area contributed by atoms with Crippen molar-refractivity contribution < 1.29 is 43.0 Å². The van der Waals surface area contributed by atoms with E-state index in [4.69, 9.17) is 0 Å². The second-order valence-electron chi connectivity index (χ2n) is 9.31. The minimum atomic E-state index is -4.10. The molecule has 0 spiro atoms. The number of nitrogens with one attached hydrogen (secondary N) is 2. The molecule has 1 fully saturated rings. The third kappa shape index (κ3) is 9.73. The first-order valence-electron chi connectivity index (χ1n) is 12.2. The number of carbonyl (C=O) groups excluding carboxylic acids is 1. The number of nitrogens with zero attached hydrogens (tertiary/aromatic N) is 2. The molecule has 0 heterocycles. The van der Waals surface area contributed by atoms with Gasteiger partial charge in [-0.15, -0.1) is 0 Å². The Labute approximate surface area is 234 Å². The molecule has 1 amide bonds. The van der Waals surface area contributed by atoms with Crippen molar-refractivity contribution in [3.05, 3.63) is 57.0 Å². The fourth-order valence-electron chi connectivity index (χ4n) is 4.11. The molecule has 0 radical (unpaired) electrons. The molecule has 1 aliphatic carbocycles. The maximum atomic E-state index is 13.0. The average molecular weight is 663 g/mol. The number of halogens is 1. The van der Waals surface area contributed by atoms with E-state index in [0.717, 1.165) is 42.9 Å². The molecule has 2 aromatic rings. The normalized spacial score (nSPS) is 15.4. The van der Waals surface area contributed by atoms with Gasteiger partial charge in [-0.1, -0.05) is 0 Å². The second kappa shape index (κ2) is 14.3. The summed E-state index contributed by atoms with van der Waals surface area (Å²) in [5.74, 6) is -0.0224. The number of anilines is 1. The van der Waals surface area contributed by atoms with Gasteiger partial charge in [-0.2, -0.15) is 0 Å². The van der Waals surface area contributed by atoms with Crippen LogP contribution < -0.4 is 31.5 Å². The van der Waals surface area contributed by atoms with Crippen LogP contribution in [-0.4, -0.2) is 60.0 Å². The number of sulfonamides is 1. The minimum absolute atomic E-state index is 0.0302. The molecule has 0 bridgehead atoms. The van der Waals surface area contributed by atoms with E-state index >= 15 is 0 Å². The van der Waals surface area contributed by atoms with Crippen LogP contribution in [0.25, 0.3) is 0 Å². The molecular weight excluding hydrogens is 627 g/mol. The molecule has 37 heavy (non-hydrogen) atoms. The first-order valence-corrected chi connectivity index (χ1v) is 16.8. The number of amides is 1. The molecule has 9 nitrogen and oxygen atoms in total. The van der Waals surface area contributed by atoms with Crippen LogP contribution in [0.2, 0.25) is 0 Å². The Hall–Kier alpha value is -1.90. The monoisotopic (exact) mass is 662 g/mol. The summed E-state index contributed by atoms with van der Waals surface area (Å²) in [6.45, 7) is 0.838. The molecule has 1 aliphatic rings. The molecule has 3 rings (SSSR count). The van der Waals surface area contributed by atoms with Crippen molar-refractivity contribution in [2.75, 3.05) is 31.7 Å². The number of rotatable bonds is 13. The van der Waals surface area contributed by atoms with Gasteiger partial charge in [-0.3, -0.25) is 0 Å². The van der Waals surface area contributed by atoms with E-state index in [1.165, 1.54) is 12.1 Å². The third-order valence-corrected chi connectivity index (χ3v) is 10.4. The van der Waals surface area contributed by atoms with E-state index in [2.05, 4.69) is 14.9 Å². The number of benzene rings is 2. The molecule has 0 aliphatic heterocycles. The van der Waals surface area contributed by atoms with Crippen LogP contribution in [0.1, 0.15) is 38.5 Å². The Kier molecular flexibility index (Phi) is 11.5. The third-order valence-electron chi connectivity index (χ3n) is 6.10. The zero-order valence-corrected chi connectivity index (χ0v) is 24.9. The molecule has 204 valence electrons. The van der Waals surface area contributed by atoms with Crippen LogP contribution in [0.15, 0.2) is 58.3 Å².